The first kappa shape index (κ1) is 11.9. The van der Waals surface area contributed by atoms with Crippen molar-refractivity contribution < 1.29 is 14.3 Å². The summed E-state index contributed by atoms with van der Waals surface area (Å²) in [5.41, 5.74) is 0.993. The third kappa shape index (κ3) is 2.10. The molecule has 6 heteroatoms. The molecule has 2 aromatic rings. The zero-order valence-electron chi connectivity index (χ0n) is 10.4. The van der Waals surface area contributed by atoms with Crippen molar-refractivity contribution in [2.45, 2.75) is 12.6 Å². The lowest BCUT2D eigenvalue weighted by molar-refractivity contribution is 0.0389. The minimum absolute atomic E-state index is 0.0731. The van der Waals surface area contributed by atoms with Gasteiger partial charge in [0.1, 0.15) is 6.10 Å². The number of benzene rings is 1. The van der Waals surface area contributed by atoms with Crippen LogP contribution in [0.25, 0.3) is 0 Å². The summed E-state index contributed by atoms with van der Waals surface area (Å²) < 4.78 is 12.1. The number of rotatable bonds is 2. The van der Waals surface area contributed by atoms with E-state index < -0.39 is 5.97 Å². The van der Waals surface area contributed by atoms with Crippen molar-refractivity contribution in [2.75, 3.05) is 13.7 Å². The molecular formula is C13H13N3O3. The number of hydrogen-bond donors (Lipinski definition) is 0. The Morgan fingerprint density at radius 2 is 2.21 bits per heavy atom. The molecule has 1 aromatic heterocycles. The van der Waals surface area contributed by atoms with Gasteiger partial charge in [0.05, 0.1) is 20.3 Å². The second kappa shape index (κ2) is 4.81. The predicted molar refractivity (Wildman–Crippen MR) is 65.6 cm³/mol. The SMILES string of the molecule is COC(=O)c1nc2n(n1)CCOC2c1ccccc1. The lowest BCUT2D eigenvalue weighted by Gasteiger charge is -2.22. The summed E-state index contributed by atoms with van der Waals surface area (Å²) in [5.74, 6) is 0.176. The molecule has 1 atom stereocenters. The Hall–Kier alpha value is -2.21. The fraction of sp³-hybridized carbons (Fsp3) is 0.308. The van der Waals surface area contributed by atoms with Gasteiger partial charge in [-0.1, -0.05) is 30.3 Å². The molecule has 19 heavy (non-hydrogen) atoms. The molecule has 98 valence electrons. The van der Waals surface area contributed by atoms with Crippen LogP contribution in [0.4, 0.5) is 0 Å². The van der Waals surface area contributed by atoms with Gasteiger partial charge < -0.3 is 9.47 Å². The number of hydrogen-bond acceptors (Lipinski definition) is 5. The average molecular weight is 259 g/mol. The van der Waals surface area contributed by atoms with E-state index in [0.717, 1.165) is 5.56 Å². The standard InChI is InChI=1S/C13H13N3O3/c1-18-13(17)11-14-12-10(9-5-3-2-4-6-9)19-8-7-16(12)15-11/h2-6,10H,7-8H2,1H3. The number of carbonyl (C=O) groups excluding carboxylic acids is 1. The normalized spacial score (nSPS) is 17.8. The Kier molecular flexibility index (Phi) is 3.00. The van der Waals surface area contributed by atoms with Gasteiger partial charge >= 0.3 is 5.97 Å². The second-order valence-electron chi connectivity index (χ2n) is 4.17. The number of methoxy groups -OCH3 is 1. The van der Waals surface area contributed by atoms with Crippen molar-refractivity contribution in [1.29, 1.82) is 0 Å². The van der Waals surface area contributed by atoms with Gasteiger partial charge in [-0.25, -0.2) is 14.5 Å². The number of nitrogens with zero attached hydrogens (tertiary/aromatic N) is 3. The molecule has 6 nitrogen and oxygen atoms in total. The monoisotopic (exact) mass is 259 g/mol. The molecule has 0 saturated carbocycles. The molecule has 0 N–H and O–H groups in total. The molecule has 0 radical (unpaired) electrons. The van der Waals surface area contributed by atoms with Crippen LogP contribution >= 0.6 is 0 Å². The van der Waals surface area contributed by atoms with Gasteiger partial charge in [0.15, 0.2) is 5.82 Å². The van der Waals surface area contributed by atoms with E-state index in [1.165, 1.54) is 7.11 Å². The average Bonchev–Trinajstić information content (AvgIpc) is 2.91. The number of fused-ring (bicyclic) bond motifs is 1. The Labute approximate surface area is 110 Å². The molecule has 0 aliphatic carbocycles. The van der Waals surface area contributed by atoms with Crippen LogP contribution in [-0.2, 0) is 16.0 Å². The summed E-state index contributed by atoms with van der Waals surface area (Å²) in [6.45, 7) is 1.12. The van der Waals surface area contributed by atoms with Crippen LogP contribution in [0.3, 0.4) is 0 Å². The molecule has 1 aromatic carbocycles. The molecule has 1 unspecified atom stereocenters. The van der Waals surface area contributed by atoms with E-state index in [1.807, 2.05) is 30.3 Å². The van der Waals surface area contributed by atoms with Gasteiger partial charge in [0.2, 0.25) is 0 Å². The van der Waals surface area contributed by atoms with E-state index in [4.69, 9.17) is 4.74 Å². The summed E-state index contributed by atoms with van der Waals surface area (Å²) in [5, 5.41) is 4.15. The van der Waals surface area contributed by atoms with E-state index in [9.17, 15) is 4.79 Å². The molecule has 1 aliphatic rings. The first-order chi connectivity index (χ1) is 9.29. The highest BCUT2D eigenvalue weighted by Gasteiger charge is 2.28. The third-order valence-electron chi connectivity index (χ3n) is 2.99. The number of carbonyl (C=O) groups is 1. The Morgan fingerprint density at radius 3 is 2.95 bits per heavy atom. The van der Waals surface area contributed by atoms with Crippen molar-refractivity contribution >= 4 is 5.97 Å². The molecule has 0 fully saturated rings. The van der Waals surface area contributed by atoms with Crippen molar-refractivity contribution in [3.8, 4) is 0 Å². The highest BCUT2D eigenvalue weighted by molar-refractivity contribution is 5.84. The van der Waals surface area contributed by atoms with E-state index in [0.29, 0.717) is 19.0 Å². The van der Waals surface area contributed by atoms with Crippen LogP contribution in [0.1, 0.15) is 28.1 Å². The van der Waals surface area contributed by atoms with E-state index in [-0.39, 0.29) is 11.9 Å². The minimum Gasteiger partial charge on any atom is -0.463 e. The fourth-order valence-electron chi connectivity index (χ4n) is 2.10. The zero-order chi connectivity index (χ0) is 13.2. The van der Waals surface area contributed by atoms with Crippen molar-refractivity contribution in [1.82, 2.24) is 14.8 Å². The van der Waals surface area contributed by atoms with Gasteiger partial charge in [-0.3, -0.25) is 0 Å². The fourth-order valence-corrected chi connectivity index (χ4v) is 2.10. The van der Waals surface area contributed by atoms with Gasteiger partial charge in [0, 0.05) is 0 Å². The van der Waals surface area contributed by atoms with Crippen LogP contribution in [-0.4, -0.2) is 34.5 Å². The van der Waals surface area contributed by atoms with Crippen LogP contribution in [0.5, 0.6) is 0 Å². The topological polar surface area (TPSA) is 66.2 Å². The number of ether oxygens (including phenoxy) is 2. The van der Waals surface area contributed by atoms with Gasteiger partial charge in [0.25, 0.3) is 5.82 Å². The smallest absolute Gasteiger partial charge is 0.377 e. The highest BCUT2D eigenvalue weighted by atomic mass is 16.5. The predicted octanol–water partition coefficient (Wildman–Crippen LogP) is 1.18. The Balaban J connectivity index is 2.00. The second-order valence-corrected chi connectivity index (χ2v) is 4.17. The van der Waals surface area contributed by atoms with Gasteiger partial charge in [-0.2, -0.15) is 0 Å². The van der Waals surface area contributed by atoms with Crippen LogP contribution in [0, 0.1) is 0 Å². The molecule has 1 aliphatic heterocycles. The third-order valence-corrected chi connectivity index (χ3v) is 2.99. The molecule has 3 rings (SSSR count). The van der Waals surface area contributed by atoms with E-state index in [2.05, 4.69) is 14.8 Å². The lowest BCUT2D eigenvalue weighted by atomic mass is 10.1. The van der Waals surface area contributed by atoms with Crippen molar-refractivity contribution in [3.05, 3.63) is 47.5 Å². The van der Waals surface area contributed by atoms with Gasteiger partial charge in [-0.05, 0) is 5.56 Å². The van der Waals surface area contributed by atoms with E-state index in [1.54, 1.807) is 4.68 Å². The van der Waals surface area contributed by atoms with Crippen molar-refractivity contribution in [3.63, 3.8) is 0 Å². The molecule has 2 heterocycles. The largest absolute Gasteiger partial charge is 0.463 e. The maximum atomic E-state index is 11.5. The summed E-state index contributed by atoms with van der Waals surface area (Å²) >= 11 is 0. The highest BCUT2D eigenvalue weighted by Crippen LogP contribution is 2.27. The van der Waals surface area contributed by atoms with Gasteiger partial charge in [-0.15, -0.1) is 5.10 Å². The Bertz CT molecular complexity index is 594. The maximum absolute atomic E-state index is 11.5. The minimum atomic E-state index is -0.534. The summed E-state index contributed by atoms with van der Waals surface area (Å²) in [7, 11) is 1.31. The molecule has 0 bridgehead atoms. The summed E-state index contributed by atoms with van der Waals surface area (Å²) in [6, 6.07) is 9.75. The Morgan fingerprint density at radius 1 is 1.42 bits per heavy atom. The maximum Gasteiger partial charge on any atom is 0.377 e. The van der Waals surface area contributed by atoms with Crippen LogP contribution < -0.4 is 0 Å². The molecule has 0 amide bonds. The number of aromatic nitrogens is 3. The summed E-state index contributed by atoms with van der Waals surface area (Å²) in [6.07, 6.45) is -0.291. The number of esters is 1. The van der Waals surface area contributed by atoms with Crippen molar-refractivity contribution in [2.24, 2.45) is 0 Å². The first-order valence-corrected chi connectivity index (χ1v) is 5.99. The van der Waals surface area contributed by atoms with Crippen LogP contribution in [0.15, 0.2) is 30.3 Å². The lowest BCUT2D eigenvalue weighted by Crippen LogP contribution is -2.23. The zero-order valence-corrected chi connectivity index (χ0v) is 10.4. The molecule has 0 spiro atoms. The quantitative estimate of drug-likeness (QED) is 0.758. The van der Waals surface area contributed by atoms with Crippen LogP contribution in [0.2, 0.25) is 0 Å². The molecular weight excluding hydrogens is 246 g/mol. The first-order valence-electron chi connectivity index (χ1n) is 5.99. The van der Waals surface area contributed by atoms with E-state index >= 15 is 0 Å². The summed E-state index contributed by atoms with van der Waals surface area (Å²) in [4.78, 5) is 15.7. The molecule has 0 saturated heterocycles.